The van der Waals surface area contributed by atoms with Crippen LogP contribution in [0.4, 0.5) is 0 Å². The molecule has 0 spiro atoms. The molecule has 0 unspecified atom stereocenters. The van der Waals surface area contributed by atoms with E-state index in [-0.39, 0.29) is 12.5 Å². The van der Waals surface area contributed by atoms with Gasteiger partial charge in [0.25, 0.3) is 0 Å². The molecule has 1 aliphatic carbocycles. The van der Waals surface area contributed by atoms with Gasteiger partial charge < -0.3 is 10.5 Å². The highest BCUT2D eigenvalue weighted by molar-refractivity contribution is 9.10. The van der Waals surface area contributed by atoms with Gasteiger partial charge in [-0.05, 0) is 43.7 Å². The minimum absolute atomic E-state index is 0.168. The molecule has 0 aliphatic heterocycles. The predicted octanol–water partition coefficient (Wildman–Crippen LogP) is 3.68. The summed E-state index contributed by atoms with van der Waals surface area (Å²) in [5, 5.41) is -0.574. The van der Waals surface area contributed by atoms with E-state index in [2.05, 4.69) is 15.9 Å². The Bertz CT molecular complexity index is 865. The van der Waals surface area contributed by atoms with Crippen molar-refractivity contribution >= 4 is 25.8 Å². The molecule has 0 bridgehead atoms. The SMILES string of the molecule is CCOC[C@]1(CN)[C@H](c2ccc(Br)cc2)[C@@H]1S(=O)(=O)c1ccc(C)cc1. The van der Waals surface area contributed by atoms with Crippen LogP contribution in [0.1, 0.15) is 24.0 Å². The number of nitrogens with two attached hydrogens (primary N) is 1. The summed E-state index contributed by atoms with van der Waals surface area (Å²) in [6.07, 6.45) is 0. The molecule has 0 heterocycles. The van der Waals surface area contributed by atoms with Gasteiger partial charge in [-0.1, -0.05) is 45.8 Å². The molecule has 1 aliphatic rings. The number of hydrogen-bond acceptors (Lipinski definition) is 4. The third-order valence-electron chi connectivity index (χ3n) is 5.25. The normalized spacial score (nSPS) is 25.2. The second kappa shape index (κ2) is 7.43. The number of benzene rings is 2. The highest BCUT2D eigenvalue weighted by Gasteiger charge is 2.70. The largest absolute Gasteiger partial charge is 0.381 e. The van der Waals surface area contributed by atoms with Gasteiger partial charge in [-0.15, -0.1) is 0 Å². The first kappa shape index (κ1) is 19.5. The fraction of sp³-hybridized carbons (Fsp3) is 0.400. The van der Waals surface area contributed by atoms with Crippen LogP contribution in [0.15, 0.2) is 57.9 Å². The number of halogens is 1. The van der Waals surface area contributed by atoms with Gasteiger partial charge in [-0.2, -0.15) is 0 Å². The van der Waals surface area contributed by atoms with Crippen molar-refractivity contribution < 1.29 is 13.2 Å². The van der Waals surface area contributed by atoms with Gasteiger partial charge in [0.15, 0.2) is 9.84 Å². The van der Waals surface area contributed by atoms with Crippen molar-refractivity contribution in [1.29, 1.82) is 0 Å². The molecular formula is C20H24BrNO3S. The summed E-state index contributed by atoms with van der Waals surface area (Å²) in [5.41, 5.74) is 7.53. The summed E-state index contributed by atoms with van der Waals surface area (Å²) in [5.74, 6) is -0.168. The Kier molecular flexibility index (Phi) is 5.58. The van der Waals surface area contributed by atoms with E-state index in [0.717, 1.165) is 15.6 Å². The van der Waals surface area contributed by atoms with Crippen LogP contribution in [0, 0.1) is 12.3 Å². The highest BCUT2D eigenvalue weighted by atomic mass is 79.9. The van der Waals surface area contributed by atoms with Gasteiger partial charge >= 0.3 is 0 Å². The van der Waals surface area contributed by atoms with Crippen molar-refractivity contribution in [3.63, 3.8) is 0 Å². The van der Waals surface area contributed by atoms with Crippen LogP contribution >= 0.6 is 15.9 Å². The lowest BCUT2D eigenvalue weighted by atomic mass is 10.00. The summed E-state index contributed by atoms with van der Waals surface area (Å²) in [4.78, 5) is 0.349. The number of sulfone groups is 1. The van der Waals surface area contributed by atoms with Crippen LogP contribution in [0.3, 0.4) is 0 Å². The van der Waals surface area contributed by atoms with E-state index in [1.54, 1.807) is 12.1 Å². The van der Waals surface area contributed by atoms with Crippen molar-refractivity contribution in [1.82, 2.24) is 0 Å². The molecule has 1 saturated carbocycles. The van der Waals surface area contributed by atoms with Crippen molar-refractivity contribution in [3.8, 4) is 0 Å². The summed E-state index contributed by atoms with van der Waals surface area (Å²) in [7, 11) is -3.51. The first-order valence-corrected chi connectivity index (χ1v) is 11.0. The van der Waals surface area contributed by atoms with Gasteiger partial charge in [0.1, 0.15) is 0 Å². The molecule has 2 aromatic rings. The van der Waals surface area contributed by atoms with Gasteiger partial charge in [-0.25, -0.2) is 8.42 Å². The maximum atomic E-state index is 13.4. The molecule has 0 amide bonds. The molecule has 3 atom stereocenters. The lowest BCUT2D eigenvalue weighted by Gasteiger charge is -2.16. The minimum atomic E-state index is -3.51. The summed E-state index contributed by atoms with van der Waals surface area (Å²) in [6.45, 7) is 4.99. The zero-order valence-corrected chi connectivity index (χ0v) is 17.4. The number of rotatable bonds is 7. The summed E-state index contributed by atoms with van der Waals surface area (Å²) in [6, 6.07) is 14.8. The van der Waals surface area contributed by atoms with Crippen LogP contribution in [-0.4, -0.2) is 33.4 Å². The Balaban J connectivity index is 2.03. The quantitative estimate of drug-likeness (QED) is 0.716. The van der Waals surface area contributed by atoms with E-state index in [4.69, 9.17) is 10.5 Å². The lowest BCUT2D eigenvalue weighted by Crippen LogP contribution is -2.29. The first-order valence-electron chi connectivity index (χ1n) is 8.70. The number of hydrogen-bond donors (Lipinski definition) is 1. The Hall–Kier alpha value is -1.21. The van der Waals surface area contributed by atoms with Crippen LogP contribution < -0.4 is 5.73 Å². The zero-order valence-electron chi connectivity index (χ0n) is 15.0. The molecule has 0 radical (unpaired) electrons. The standard InChI is InChI=1S/C20H24BrNO3S/c1-3-25-13-20(12-22)18(15-6-8-16(21)9-7-15)19(20)26(23,24)17-10-4-14(2)5-11-17/h4-11,18-19H,3,12-13,22H2,1-2H3/t18-,19+,20-/m1/s1. The fourth-order valence-electron chi connectivity index (χ4n) is 3.76. The first-order chi connectivity index (χ1) is 12.4. The lowest BCUT2D eigenvalue weighted by molar-refractivity contribution is 0.101. The monoisotopic (exact) mass is 437 g/mol. The van der Waals surface area contributed by atoms with Crippen molar-refractivity contribution in [2.24, 2.45) is 11.1 Å². The molecule has 6 heteroatoms. The zero-order chi connectivity index (χ0) is 18.9. The van der Waals surface area contributed by atoms with Gasteiger partial charge in [0, 0.05) is 29.0 Å². The smallest absolute Gasteiger partial charge is 0.182 e. The van der Waals surface area contributed by atoms with Crippen molar-refractivity contribution in [2.75, 3.05) is 19.8 Å². The second-order valence-electron chi connectivity index (χ2n) is 6.88. The maximum Gasteiger partial charge on any atom is 0.182 e. The number of aryl methyl sites for hydroxylation is 1. The Morgan fingerprint density at radius 1 is 1.12 bits per heavy atom. The fourth-order valence-corrected chi connectivity index (χ4v) is 6.47. The molecule has 2 aromatic carbocycles. The molecule has 26 heavy (non-hydrogen) atoms. The Morgan fingerprint density at radius 3 is 2.27 bits per heavy atom. The predicted molar refractivity (Wildman–Crippen MR) is 107 cm³/mol. The Morgan fingerprint density at radius 2 is 1.73 bits per heavy atom. The molecular weight excluding hydrogens is 414 g/mol. The molecule has 0 saturated heterocycles. The molecule has 1 fully saturated rings. The molecule has 3 rings (SSSR count). The molecule has 140 valence electrons. The van der Waals surface area contributed by atoms with Crippen LogP contribution in [-0.2, 0) is 14.6 Å². The van der Waals surface area contributed by atoms with E-state index in [1.165, 1.54) is 0 Å². The Labute approximate surface area is 163 Å². The topological polar surface area (TPSA) is 69.4 Å². The number of ether oxygens (including phenoxy) is 1. The van der Waals surface area contributed by atoms with E-state index in [9.17, 15) is 8.42 Å². The van der Waals surface area contributed by atoms with Gasteiger partial charge in [0.05, 0.1) is 16.8 Å². The maximum absolute atomic E-state index is 13.4. The highest BCUT2D eigenvalue weighted by Crippen LogP contribution is 2.63. The van der Waals surface area contributed by atoms with Crippen molar-refractivity contribution in [2.45, 2.75) is 29.9 Å². The summed E-state index contributed by atoms with van der Waals surface area (Å²) < 4.78 is 33.4. The van der Waals surface area contributed by atoms with E-state index in [1.807, 2.05) is 50.2 Å². The second-order valence-corrected chi connectivity index (χ2v) is 9.87. The van der Waals surface area contributed by atoms with Crippen LogP contribution in [0.25, 0.3) is 0 Å². The third-order valence-corrected chi connectivity index (χ3v) is 8.12. The van der Waals surface area contributed by atoms with E-state index < -0.39 is 20.5 Å². The molecule has 0 aromatic heterocycles. The van der Waals surface area contributed by atoms with Crippen molar-refractivity contribution in [3.05, 3.63) is 64.1 Å². The van der Waals surface area contributed by atoms with Crippen LogP contribution in [0.2, 0.25) is 0 Å². The van der Waals surface area contributed by atoms with Gasteiger partial charge in [0.2, 0.25) is 0 Å². The summed E-state index contributed by atoms with van der Waals surface area (Å²) >= 11 is 3.43. The molecule has 2 N–H and O–H groups in total. The average Bonchev–Trinajstić information content (AvgIpc) is 3.31. The van der Waals surface area contributed by atoms with Crippen LogP contribution in [0.5, 0.6) is 0 Å². The van der Waals surface area contributed by atoms with Gasteiger partial charge in [-0.3, -0.25) is 0 Å². The average molecular weight is 438 g/mol. The minimum Gasteiger partial charge on any atom is -0.381 e. The van der Waals surface area contributed by atoms with E-state index in [0.29, 0.717) is 18.1 Å². The van der Waals surface area contributed by atoms with E-state index >= 15 is 0 Å². The molecule has 4 nitrogen and oxygen atoms in total. The third kappa shape index (κ3) is 3.36.